The van der Waals surface area contributed by atoms with Gasteiger partial charge in [-0.15, -0.1) is 0 Å². The molecule has 3 fully saturated rings. The molecule has 3 amide bonds. The molecule has 0 radical (unpaired) electrons. The number of rotatable bonds is 12. The molecular weight excluding hydrogens is 683 g/mol. The molecule has 2 saturated heterocycles. The molecule has 11 nitrogen and oxygen atoms in total. The number of fused-ring (bicyclic) bond motifs is 1. The largest absolute Gasteiger partial charge is 0.397 e. The maximum atomic E-state index is 13.8. The van der Waals surface area contributed by atoms with E-state index in [1.807, 2.05) is 69.3 Å². The van der Waals surface area contributed by atoms with E-state index in [1.165, 1.54) is 19.3 Å². The minimum absolute atomic E-state index is 0.0300. The second-order valence-corrected chi connectivity index (χ2v) is 16.2. The van der Waals surface area contributed by atoms with Crippen molar-refractivity contribution in [2.45, 2.75) is 128 Å². The Labute approximate surface area is 319 Å². The molecule has 2 heterocycles. The molecule has 3 aliphatic rings. The Bertz CT molecular complexity index is 1730. The van der Waals surface area contributed by atoms with Crippen molar-refractivity contribution < 1.29 is 29.0 Å². The maximum absolute atomic E-state index is 13.8. The summed E-state index contributed by atoms with van der Waals surface area (Å²) in [5, 5.41) is 18.6. The Morgan fingerprint density at radius 3 is 2.22 bits per heavy atom. The zero-order valence-electron chi connectivity index (χ0n) is 31.9. The summed E-state index contributed by atoms with van der Waals surface area (Å²) in [6.45, 7) is 6.68. The van der Waals surface area contributed by atoms with Crippen LogP contribution in [0.1, 0.15) is 114 Å². The SMILES string of the molecule is CC(C)(C)NC(=O)C1CCC2CCCCC2N1CC1CC(c2ccc(CO)cc2)OC(c2ccc(NC(=O)CCCC(=O)Nc3ccccc3N)cc2)O1. The highest BCUT2D eigenvalue weighted by Gasteiger charge is 2.44. The molecule has 290 valence electrons. The number of amides is 3. The first-order chi connectivity index (χ1) is 26.0. The zero-order valence-corrected chi connectivity index (χ0v) is 31.9. The van der Waals surface area contributed by atoms with E-state index in [0.717, 1.165) is 36.0 Å². The Kier molecular flexibility index (Phi) is 13.1. The van der Waals surface area contributed by atoms with Gasteiger partial charge in [0.2, 0.25) is 17.7 Å². The van der Waals surface area contributed by atoms with Crippen molar-refractivity contribution >= 4 is 34.8 Å². The summed E-state index contributed by atoms with van der Waals surface area (Å²) < 4.78 is 13.4. The summed E-state index contributed by atoms with van der Waals surface area (Å²) in [7, 11) is 0. The third kappa shape index (κ3) is 10.5. The molecule has 11 heteroatoms. The van der Waals surface area contributed by atoms with Gasteiger partial charge in [0.15, 0.2) is 6.29 Å². The summed E-state index contributed by atoms with van der Waals surface area (Å²) >= 11 is 0. The minimum atomic E-state index is -0.665. The van der Waals surface area contributed by atoms with Gasteiger partial charge in [-0.1, -0.05) is 61.4 Å². The lowest BCUT2D eigenvalue weighted by molar-refractivity contribution is -0.255. The highest BCUT2D eigenvalue weighted by molar-refractivity contribution is 5.94. The number of nitrogens with two attached hydrogens (primary N) is 1. The molecule has 6 N–H and O–H groups in total. The number of nitrogen functional groups attached to an aromatic ring is 1. The number of aliphatic hydroxyl groups excluding tert-OH is 1. The molecule has 6 rings (SSSR count). The fourth-order valence-corrected chi connectivity index (χ4v) is 8.18. The third-order valence-corrected chi connectivity index (χ3v) is 10.8. The van der Waals surface area contributed by atoms with Crippen LogP contribution in [0.15, 0.2) is 72.8 Å². The van der Waals surface area contributed by atoms with Crippen LogP contribution in [0.5, 0.6) is 0 Å². The Balaban J connectivity index is 1.13. The Morgan fingerprint density at radius 2 is 1.52 bits per heavy atom. The molecule has 3 aromatic rings. The maximum Gasteiger partial charge on any atom is 0.237 e. The number of hydrogen-bond acceptors (Lipinski definition) is 8. The fraction of sp³-hybridized carbons (Fsp3) is 0.512. The lowest BCUT2D eigenvalue weighted by Gasteiger charge is -2.50. The van der Waals surface area contributed by atoms with E-state index >= 15 is 0 Å². The second kappa shape index (κ2) is 17.9. The number of nitrogens with zero attached hydrogens (tertiary/aromatic N) is 1. The van der Waals surface area contributed by atoms with Gasteiger partial charge >= 0.3 is 0 Å². The van der Waals surface area contributed by atoms with Crippen molar-refractivity contribution in [2.75, 3.05) is 22.9 Å². The van der Waals surface area contributed by atoms with Crippen LogP contribution in [-0.2, 0) is 30.5 Å². The smallest absolute Gasteiger partial charge is 0.237 e. The number of benzene rings is 3. The average Bonchev–Trinajstić information content (AvgIpc) is 3.15. The van der Waals surface area contributed by atoms with E-state index < -0.39 is 6.29 Å². The molecule has 54 heavy (non-hydrogen) atoms. The molecule has 3 aromatic carbocycles. The summed E-state index contributed by atoms with van der Waals surface area (Å²) in [6, 6.07) is 22.5. The lowest BCUT2D eigenvalue weighted by atomic mass is 9.75. The van der Waals surface area contributed by atoms with Crippen LogP contribution in [0.4, 0.5) is 17.1 Å². The van der Waals surface area contributed by atoms with Crippen LogP contribution in [0, 0.1) is 5.92 Å². The number of nitrogens with one attached hydrogen (secondary N) is 3. The van der Waals surface area contributed by atoms with Gasteiger partial charge in [0.1, 0.15) is 0 Å². The summed E-state index contributed by atoms with van der Waals surface area (Å²) in [5.41, 5.74) is 9.95. The van der Waals surface area contributed by atoms with E-state index in [2.05, 4.69) is 20.9 Å². The van der Waals surface area contributed by atoms with Crippen molar-refractivity contribution in [3.8, 4) is 0 Å². The van der Waals surface area contributed by atoms with E-state index in [9.17, 15) is 19.5 Å². The van der Waals surface area contributed by atoms with Crippen LogP contribution >= 0.6 is 0 Å². The van der Waals surface area contributed by atoms with Gasteiger partial charge < -0.3 is 36.3 Å². The van der Waals surface area contributed by atoms with E-state index in [1.54, 1.807) is 24.3 Å². The number of carbonyl (C=O) groups is 3. The highest BCUT2D eigenvalue weighted by Crippen LogP contribution is 2.42. The van der Waals surface area contributed by atoms with Crippen molar-refractivity contribution in [3.05, 3.63) is 89.5 Å². The van der Waals surface area contributed by atoms with Crippen molar-refractivity contribution in [1.29, 1.82) is 0 Å². The van der Waals surface area contributed by atoms with Crippen LogP contribution in [0.25, 0.3) is 0 Å². The summed E-state index contributed by atoms with van der Waals surface area (Å²) in [5.74, 6) is 0.299. The molecule has 0 spiro atoms. The summed E-state index contributed by atoms with van der Waals surface area (Å²) in [4.78, 5) is 41.3. The first-order valence-corrected chi connectivity index (χ1v) is 19.6. The number of carbonyl (C=O) groups excluding carboxylic acids is 3. The van der Waals surface area contributed by atoms with Gasteiger partial charge in [-0.25, -0.2) is 0 Å². The molecule has 0 bridgehead atoms. The van der Waals surface area contributed by atoms with Crippen molar-refractivity contribution in [3.63, 3.8) is 0 Å². The number of anilines is 3. The normalized spacial score (nSPS) is 24.6. The van der Waals surface area contributed by atoms with Crippen LogP contribution in [-0.4, -0.2) is 58.0 Å². The Hall–Kier alpha value is -4.29. The number of ether oxygens (including phenoxy) is 2. The first kappa shape index (κ1) is 39.4. The number of para-hydroxylation sites is 2. The first-order valence-electron chi connectivity index (χ1n) is 19.6. The quantitative estimate of drug-likeness (QED) is 0.125. The number of hydrogen-bond donors (Lipinski definition) is 5. The Morgan fingerprint density at radius 1 is 0.833 bits per heavy atom. The highest BCUT2D eigenvalue weighted by atomic mass is 16.7. The van der Waals surface area contributed by atoms with Gasteiger partial charge in [-0.2, -0.15) is 0 Å². The minimum Gasteiger partial charge on any atom is -0.397 e. The second-order valence-electron chi connectivity index (χ2n) is 16.2. The molecule has 0 aromatic heterocycles. The van der Waals surface area contributed by atoms with Crippen LogP contribution < -0.4 is 21.7 Å². The van der Waals surface area contributed by atoms with Gasteiger partial charge in [0.25, 0.3) is 0 Å². The molecule has 6 atom stereocenters. The number of piperidine rings is 1. The molecule has 1 saturated carbocycles. The van der Waals surface area contributed by atoms with E-state index in [4.69, 9.17) is 15.2 Å². The van der Waals surface area contributed by atoms with Crippen molar-refractivity contribution in [2.24, 2.45) is 5.92 Å². The van der Waals surface area contributed by atoms with Gasteiger partial charge in [-0.05, 0) is 94.2 Å². The monoisotopic (exact) mass is 739 g/mol. The topological polar surface area (TPSA) is 155 Å². The van der Waals surface area contributed by atoms with E-state index in [-0.39, 0.29) is 61.0 Å². The molecule has 1 aliphatic carbocycles. The molecular formula is C43H57N5O6. The molecule has 6 unspecified atom stereocenters. The standard InChI is InChI=1S/C43H57N5O6/c1-43(2,3)47-41(52)37-24-21-29-9-4-7-12-36(29)48(37)26-33-25-38(30-17-15-28(27-49)16-18-30)54-42(53-33)31-19-22-32(23-20-31)45-39(50)13-8-14-40(51)46-35-11-6-5-10-34(35)44/h5-6,10-11,15-20,22-23,29,33,36-38,42,49H,4,7-9,12-14,21,24-27,44H2,1-3H3,(H,45,50)(H,46,51)(H,47,52). The van der Waals surface area contributed by atoms with Crippen molar-refractivity contribution in [1.82, 2.24) is 10.2 Å². The fourth-order valence-electron chi connectivity index (χ4n) is 8.18. The van der Waals surface area contributed by atoms with Crippen LogP contribution in [0.2, 0.25) is 0 Å². The lowest BCUT2D eigenvalue weighted by Crippen LogP contribution is -2.61. The third-order valence-electron chi connectivity index (χ3n) is 10.8. The summed E-state index contributed by atoms with van der Waals surface area (Å²) in [6.07, 6.45) is 6.90. The van der Waals surface area contributed by atoms with E-state index in [0.29, 0.717) is 48.4 Å². The predicted octanol–water partition coefficient (Wildman–Crippen LogP) is 6.99. The molecule has 2 aliphatic heterocycles. The van der Waals surface area contributed by atoms with Gasteiger partial charge in [-0.3, -0.25) is 19.3 Å². The van der Waals surface area contributed by atoms with Gasteiger partial charge in [0, 0.05) is 48.6 Å². The predicted molar refractivity (Wildman–Crippen MR) is 210 cm³/mol. The number of aliphatic hydroxyl groups is 1. The van der Waals surface area contributed by atoms with Crippen LogP contribution in [0.3, 0.4) is 0 Å². The number of likely N-dealkylation sites (tertiary alicyclic amines) is 1. The zero-order chi connectivity index (χ0) is 38.2. The average molecular weight is 740 g/mol. The van der Waals surface area contributed by atoms with Gasteiger partial charge in [0.05, 0.1) is 36.2 Å².